The van der Waals surface area contributed by atoms with Gasteiger partial charge in [0.05, 0.1) is 13.2 Å². The van der Waals surface area contributed by atoms with Gasteiger partial charge >= 0.3 is 11.9 Å². The molecule has 0 unspecified atom stereocenters. The largest absolute Gasteiger partial charge is 0.457 e. The number of carbonyl (C=O) groups excluding carboxylic acids is 3. The molecule has 37 heavy (non-hydrogen) atoms. The topological polar surface area (TPSA) is 107 Å². The zero-order chi connectivity index (χ0) is 26.6. The van der Waals surface area contributed by atoms with E-state index in [0.29, 0.717) is 0 Å². The zero-order valence-electron chi connectivity index (χ0n) is 21.3. The monoisotopic (exact) mass is 512 g/mol. The minimum atomic E-state index is -1.41. The van der Waals surface area contributed by atoms with Crippen molar-refractivity contribution in [2.45, 2.75) is 83.3 Å². The van der Waals surface area contributed by atoms with Crippen molar-refractivity contribution in [2.24, 2.45) is 0 Å². The number of ether oxygens (including phenoxy) is 6. The molecular formula is C28H32O9. The first kappa shape index (κ1) is 26.9. The third kappa shape index (κ3) is 6.24. The molecule has 2 aliphatic heterocycles. The molecule has 0 radical (unpaired) electrons. The van der Waals surface area contributed by atoms with E-state index < -0.39 is 54.3 Å². The number of fused-ring (bicyclic) bond motifs is 2. The molecule has 0 aliphatic carbocycles. The lowest BCUT2D eigenvalue weighted by atomic mass is 9.96. The highest BCUT2D eigenvalue weighted by Gasteiger charge is 2.66. The van der Waals surface area contributed by atoms with E-state index in [0.717, 1.165) is 11.1 Å². The number of hydrogen-bond acceptors (Lipinski definition) is 9. The summed E-state index contributed by atoms with van der Waals surface area (Å²) >= 11 is 0. The lowest BCUT2D eigenvalue weighted by Gasteiger charge is -2.43. The Labute approximate surface area is 215 Å². The van der Waals surface area contributed by atoms with Gasteiger partial charge < -0.3 is 28.4 Å². The summed E-state index contributed by atoms with van der Waals surface area (Å²) < 4.78 is 36.0. The maximum absolute atomic E-state index is 12.8. The normalized spacial score (nSPS) is 29.4. The molecule has 0 amide bonds. The minimum absolute atomic E-state index is 0.140. The van der Waals surface area contributed by atoms with Crippen molar-refractivity contribution in [1.82, 2.24) is 0 Å². The van der Waals surface area contributed by atoms with E-state index in [1.54, 1.807) is 6.92 Å². The van der Waals surface area contributed by atoms with Crippen LogP contribution in [0.1, 0.15) is 38.8 Å². The molecule has 4 rings (SSSR count). The van der Waals surface area contributed by atoms with E-state index in [2.05, 4.69) is 0 Å². The maximum atomic E-state index is 12.8. The van der Waals surface area contributed by atoms with Crippen molar-refractivity contribution in [3.8, 4) is 0 Å². The van der Waals surface area contributed by atoms with Gasteiger partial charge in [0.25, 0.3) is 0 Å². The van der Waals surface area contributed by atoms with Crippen LogP contribution in [0.25, 0.3) is 0 Å². The van der Waals surface area contributed by atoms with Gasteiger partial charge in [-0.15, -0.1) is 0 Å². The lowest BCUT2D eigenvalue weighted by molar-refractivity contribution is -0.342. The van der Waals surface area contributed by atoms with Gasteiger partial charge in [0.2, 0.25) is 0 Å². The summed E-state index contributed by atoms with van der Waals surface area (Å²) in [4.78, 5) is 37.0. The van der Waals surface area contributed by atoms with Crippen LogP contribution in [0.4, 0.5) is 0 Å². The molecule has 198 valence electrons. The van der Waals surface area contributed by atoms with Crippen LogP contribution in [0.3, 0.4) is 0 Å². The Balaban J connectivity index is 1.64. The van der Waals surface area contributed by atoms with Crippen LogP contribution in [0.2, 0.25) is 0 Å². The summed E-state index contributed by atoms with van der Waals surface area (Å²) in [5.41, 5.74) is 1.76. The van der Waals surface area contributed by atoms with E-state index in [9.17, 15) is 14.4 Å². The second kappa shape index (κ2) is 11.5. The van der Waals surface area contributed by atoms with Crippen LogP contribution < -0.4 is 0 Å². The van der Waals surface area contributed by atoms with Gasteiger partial charge in [-0.05, 0) is 25.0 Å². The Hall–Kier alpha value is -3.11. The number of hydrogen-bond donors (Lipinski definition) is 0. The molecule has 2 saturated heterocycles. The maximum Gasteiger partial charge on any atom is 0.303 e. The molecule has 2 heterocycles. The van der Waals surface area contributed by atoms with Crippen LogP contribution >= 0.6 is 0 Å². The van der Waals surface area contributed by atoms with Crippen LogP contribution in [-0.4, -0.2) is 60.1 Å². The lowest BCUT2D eigenvalue weighted by Crippen LogP contribution is -2.59. The van der Waals surface area contributed by atoms with Crippen molar-refractivity contribution in [3.05, 3.63) is 71.8 Å². The number of rotatable bonds is 10. The van der Waals surface area contributed by atoms with E-state index in [4.69, 9.17) is 28.4 Å². The number of Topliss-reactive ketones (excluding diaryl/α,β-unsaturated/α-hetero) is 1. The highest BCUT2D eigenvalue weighted by molar-refractivity contribution is 5.81. The Morgan fingerprint density at radius 2 is 1.35 bits per heavy atom. The molecule has 2 fully saturated rings. The molecule has 9 nitrogen and oxygen atoms in total. The molecule has 0 saturated carbocycles. The van der Waals surface area contributed by atoms with Gasteiger partial charge in [-0.3, -0.25) is 14.4 Å². The van der Waals surface area contributed by atoms with Gasteiger partial charge in [0.15, 0.2) is 29.9 Å². The van der Waals surface area contributed by atoms with Crippen LogP contribution in [0.5, 0.6) is 0 Å². The highest BCUT2D eigenvalue weighted by Crippen LogP contribution is 2.46. The predicted octanol–water partition coefficient (Wildman–Crippen LogP) is 3.12. The number of ketones is 1. The fraction of sp³-hybridized carbons (Fsp3) is 0.464. The Kier molecular flexibility index (Phi) is 8.39. The molecule has 0 spiro atoms. The molecule has 2 bridgehead atoms. The third-order valence-corrected chi connectivity index (χ3v) is 6.37. The van der Waals surface area contributed by atoms with Gasteiger partial charge in [-0.25, -0.2) is 0 Å². The van der Waals surface area contributed by atoms with E-state index in [1.807, 2.05) is 60.7 Å². The molecule has 7 atom stereocenters. The van der Waals surface area contributed by atoms with Crippen LogP contribution in [0, 0.1) is 0 Å². The van der Waals surface area contributed by atoms with Crippen molar-refractivity contribution >= 4 is 17.7 Å². The minimum Gasteiger partial charge on any atom is -0.457 e. The molecule has 2 aromatic carbocycles. The van der Waals surface area contributed by atoms with E-state index >= 15 is 0 Å². The average molecular weight is 513 g/mol. The average Bonchev–Trinajstić information content (AvgIpc) is 3.07. The molecule has 0 aromatic heterocycles. The number of benzene rings is 2. The Morgan fingerprint density at radius 3 is 1.89 bits per heavy atom. The van der Waals surface area contributed by atoms with Crippen LogP contribution in [-0.2, 0) is 56.0 Å². The second-order valence-corrected chi connectivity index (χ2v) is 9.37. The SMILES string of the molecule is CC(=O)O[C@H]1[C@H]2O[C@@](C)(O[C@@H]1[C@@H](OCc1ccccc1)C(C)=O)[C@H](OCc1ccccc1)[C@H]2OC(C)=O. The summed E-state index contributed by atoms with van der Waals surface area (Å²) in [7, 11) is 0. The number of esters is 2. The third-order valence-electron chi connectivity index (χ3n) is 6.37. The highest BCUT2D eigenvalue weighted by atomic mass is 16.8. The molecule has 2 aromatic rings. The van der Waals surface area contributed by atoms with Gasteiger partial charge in [0.1, 0.15) is 18.3 Å². The smallest absolute Gasteiger partial charge is 0.303 e. The molecule has 0 N–H and O–H groups in total. The van der Waals surface area contributed by atoms with Gasteiger partial charge in [-0.2, -0.15) is 0 Å². The van der Waals surface area contributed by atoms with Crippen molar-refractivity contribution in [2.75, 3.05) is 0 Å². The number of carbonyl (C=O) groups is 3. The summed E-state index contributed by atoms with van der Waals surface area (Å²) in [5, 5.41) is 0. The molecule has 9 heteroatoms. The van der Waals surface area contributed by atoms with Crippen molar-refractivity contribution < 1.29 is 42.8 Å². The summed E-state index contributed by atoms with van der Waals surface area (Å²) in [6, 6.07) is 18.8. The fourth-order valence-electron chi connectivity index (χ4n) is 4.84. The second-order valence-electron chi connectivity index (χ2n) is 9.37. The first-order valence-electron chi connectivity index (χ1n) is 12.2. The Bertz CT molecular complexity index is 1090. The summed E-state index contributed by atoms with van der Waals surface area (Å²) in [6.07, 6.45) is -5.98. The first-order chi connectivity index (χ1) is 17.7. The van der Waals surface area contributed by atoms with Crippen molar-refractivity contribution in [1.29, 1.82) is 0 Å². The van der Waals surface area contributed by atoms with Gasteiger partial charge in [0, 0.05) is 13.8 Å². The fourth-order valence-corrected chi connectivity index (χ4v) is 4.84. The summed E-state index contributed by atoms with van der Waals surface area (Å²) in [6.45, 7) is 5.90. The summed E-state index contributed by atoms with van der Waals surface area (Å²) in [5.74, 6) is -2.88. The van der Waals surface area contributed by atoms with E-state index in [-0.39, 0.29) is 19.0 Å². The zero-order valence-corrected chi connectivity index (χ0v) is 21.3. The van der Waals surface area contributed by atoms with Crippen molar-refractivity contribution in [3.63, 3.8) is 0 Å². The van der Waals surface area contributed by atoms with E-state index in [1.165, 1.54) is 20.8 Å². The predicted molar refractivity (Wildman–Crippen MR) is 130 cm³/mol. The quantitative estimate of drug-likeness (QED) is 0.444. The van der Waals surface area contributed by atoms with Crippen LogP contribution in [0.15, 0.2) is 60.7 Å². The van der Waals surface area contributed by atoms with Gasteiger partial charge in [-0.1, -0.05) is 60.7 Å². The Morgan fingerprint density at radius 1 is 0.811 bits per heavy atom. The molecular weight excluding hydrogens is 480 g/mol. The first-order valence-corrected chi connectivity index (χ1v) is 12.2. The molecule has 2 aliphatic rings. The standard InChI is InChI=1S/C28H32O9/c1-17(29)22(32-15-20-11-7-5-8-12-20)24-23(34-18(2)30)25-26(35-19(3)31)27(28(4,36-24)37-25)33-16-21-13-9-6-10-14-21/h5-14,22-27H,15-16H2,1-4H3/t22-,23+,24+,25+,26-,27+,28+/m0/s1.